The molecule has 4 aromatic rings. The van der Waals surface area contributed by atoms with Gasteiger partial charge < -0.3 is 15.1 Å². The van der Waals surface area contributed by atoms with Gasteiger partial charge in [0.1, 0.15) is 4.90 Å². The average molecular weight is 598 g/mol. The molecular formula is C33H35N5O4S. The van der Waals surface area contributed by atoms with Crippen molar-refractivity contribution in [2.75, 3.05) is 36.2 Å². The largest absolute Gasteiger partial charge is 0.335 e. The van der Waals surface area contributed by atoms with Crippen LogP contribution in [0.1, 0.15) is 41.6 Å². The third kappa shape index (κ3) is 6.64. The lowest BCUT2D eigenvalue weighted by molar-refractivity contribution is 0.0671. The van der Waals surface area contributed by atoms with Crippen LogP contribution in [0.15, 0.2) is 90.0 Å². The predicted molar refractivity (Wildman–Crippen MR) is 168 cm³/mol. The molecule has 222 valence electrons. The Hall–Kier alpha value is -4.44. The Bertz CT molecular complexity index is 1710. The molecule has 2 fully saturated rings. The second-order valence-corrected chi connectivity index (χ2v) is 12.9. The van der Waals surface area contributed by atoms with Gasteiger partial charge in [-0.25, -0.2) is 13.2 Å². The summed E-state index contributed by atoms with van der Waals surface area (Å²) < 4.78 is 28.8. The second-order valence-electron chi connectivity index (χ2n) is 11.3. The van der Waals surface area contributed by atoms with E-state index in [9.17, 15) is 18.0 Å². The number of fused-ring (bicyclic) bond motifs is 1. The lowest BCUT2D eigenvalue weighted by Crippen LogP contribution is -2.51. The summed E-state index contributed by atoms with van der Waals surface area (Å²) >= 11 is 0. The van der Waals surface area contributed by atoms with Crippen LogP contribution in [-0.2, 0) is 16.4 Å². The summed E-state index contributed by atoms with van der Waals surface area (Å²) in [5.41, 5.74) is 3.27. The van der Waals surface area contributed by atoms with E-state index in [0.717, 1.165) is 23.4 Å². The molecule has 1 aromatic heterocycles. The molecule has 0 radical (unpaired) electrons. The number of sulfonamides is 1. The molecule has 1 aliphatic carbocycles. The minimum absolute atomic E-state index is 0.0870. The van der Waals surface area contributed by atoms with Crippen molar-refractivity contribution >= 4 is 44.2 Å². The highest BCUT2D eigenvalue weighted by Crippen LogP contribution is 2.28. The number of anilines is 2. The van der Waals surface area contributed by atoms with E-state index in [0.29, 0.717) is 42.9 Å². The van der Waals surface area contributed by atoms with E-state index in [2.05, 4.69) is 27.2 Å². The number of piperazine rings is 1. The normalized spacial score (nSPS) is 15.9. The summed E-state index contributed by atoms with van der Waals surface area (Å²) in [4.78, 5) is 33.8. The van der Waals surface area contributed by atoms with Crippen molar-refractivity contribution in [1.82, 2.24) is 14.8 Å². The number of benzene rings is 3. The third-order valence-corrected chi connectivity index (χ3v) is 9.74. The summed E-state index contributed by atoms with van der Waals surface area (Å²) in [5, 5.41) is 3.71. The molecular weight excluding hydrogens is 562 g/mol. The SMILES string of the molecule is O=C(Nc1ccc(CC2CCCC2)cc1)N1CCN(C(=O)c2ccc(NS(=O)(=O)c3cccc4cccnc34)cc2)CC1. The zero-order chi connectivity index (χ0) is 29.8. The van der Waals surface area contributed by atoms with Gasteiger partial charge in [0.2, 0.25) is 0 Å². The molecule has 2 aliphatic rings. The Kier molecular flexibility index (Phi) is 8.29. The standard InChI is InChI=1S/C33H35N5O4S/c39-32(27-12-16-29(17-13-27)36-43(41,42)30-9-3-7-26-8-4-18-34-31(26)30)37-19-21-38(22-20-37)33(40)35-28-14-10-25(11-15-28)23-24-5-1-2-6-24/h3-4,7-18,24,36H,1-2,5-6,19-23H2,(H,35,40). The molecule has 0 spiro atoms. The molecule has 1 saturated carbocycles. The first-order chi connectivity index (χ1) is 20.9. The molecule has 0 bridgehead atoms. The summed E-state index contributed by atoms with van der Waals surface area (Å²) in [6, 6.07) is 22.9. The second kappa shape index (κ2) is 12.4. The summed E-state index contributed by atoms with van der Waals surface area (Å²) in [5.74, 6) is 0.620. The van der Waals surface area contributed by atoms with Gasteiger partial charge in [0, 0.05) is 54.7 Å². The molecule has 9 nitrogen and oxygen atoms in total. The molecule has 2 N–H and O–H groups in total. The zero-order valence-corrected chi connectivity index (χ0v) is 24.7. The van der Waals surface area contributed by atoms with Gasteiger partial charge in [-0.15, -0.1) is 0 Å². The van der Waals surface area contributed by atoms with Crippen LogP contribution in [0.3, 0.4) is 0 Å². The molecule has 0 atom stereocenters. The maximum Gasteiger partial charge on any atom is 0.321 e. The smallest absolute Gasteiger partial charge is 0.321 e. The Morgan fingerprint density at radius 2 is 1.44 bits per heavy atom. The fraction of sp³-hybridized carbons (Fsp3) is 0.303. The average Bonchev–Trinajstić information content (AvgIpc) is 3.55. The number of para-hydroxylation sites is 1. The van der Waals surface area contributed by atoms with Gasteiger partial charge >= 0.3 is 6.03 Å². The number of amides is 3. The van der Waals surface area contributed by atoms with Crippen molar-refractivity contribution in [3.8, 4) is 0 Å². The van der Waals surface area contributed by atoms with Crippen LogP contribution in [0.5, 0.6) is 0 Å². The molecule has 3 aromatic carbocycles. The Morgan fingerprint density at radius 3 is 2.16 bits per heavy atom. The van der Waals surface area contributed by atoms with Gasteiger partial charge in [-0.2, -0.15) is 0 Å². The van der Waals surface area contributed by atoms with Crippen molar-refractivity contribution in [3.05, 3.63) is 96.2 Å². The van der Waals surface area contributed by atoms with Gasteiger partial charge in [0.15, 0.2) is 0 Å². The Balaban J connectivity index is 1.01. The number of hydrogen-bond donors (Lipinski definition) is 2. The van der Waals surface area contributed by atoms with Gasteiger partial charge in [0.25, 0.3) is 15.9 Å². The first-order valence-electron chi connectivity index (χ1n) is 14.8. The number of nitrogens with one attached hydrogen (secondary N) is 2. The van der Waals surface area contributed by atoms with Crippen LogP contribution >= 0.6 is 0 Å². The number of carbonyl (C=O) groups is 2. The quantitative estimate of drug-likeness (QED) is 0.282. The number of hydrogen-bond acceptors (Lipinski definition) is 5. The maximum atomic E-state index is 13.1. The first kappa shape index (κ1) is 28.7. The van der Waals surface area contributed by atoms with E-state index < -0.39 is 10.0 Å². The number of aromatic nitrogens is 1. The topological polar surface area (TPSA) is 112 Å². The van der Waals surface area contributed by atoms with Crippen LogP contribution in [0.2, 0.25) is 0 Å². The van der Waals surface area contributed by atoms with Crippen molar-refractivity contribution in [2.45, 2.75) is 37.0 Å². The number of nitrogens with zero attached hydrogens (tertiary/aromatic N) is 3. The third-order valence-electron chi connectivity index (χ3n) is 8.33. The van der Waals surface area contributed by atoms with Crippen molar-refractivity contribution in [1.29, 1.82) is 0 Å². The van der Waals surface area contributed by atoms with Crippen LogP contribution < -0.4 is 10.0 Å². The minimum atomic E-state index is -3.89. The highest BCUT2D eigenvalue weighted by Gasteiger charge is 2.25. The van der Waals surface area contributed by atoms with E-state index in [1.165, 1.54) is 37.3 Å². The highest BCUT2D eigenvalue weighted by atomic mass is 32.2. The fourth-order valence-electron chi connectivity index (χ4n) is 5.95. The fourth-order valence-corrected chi connectivity index (χ4v) is 7.19. The predicted octanol–water partition coefficient (Wildman–Crippen LogP) is 5.76. The molecule has 2 heterocycles. The van der Waals surface area contributed by atoms with Gasteiger partial charge in [-0.1, -0.05) is 56.0 Å². The first-order valence-corrected chi connectivity index (χ1v) is 16.2. The number of pyridine rings is 1. The van der Waals surface area contributed by atoms with E-state index >= 15 is 0 Å². The van der Waals surface area contributed by atoms with Crippen molar-refractivity contribution < 1.29 is 18.0 Å². The van der Waals surface area contributed by atoms with Gasteiger partial charge in [-0.3, -0.25) is 14.5 Å². The minimum Gasteiger partial charge on any atom is -0.335 e. The van der Waals surface area contributed by atoms with E-state index in [1.807, 2.05) is 24.3 Å². The summed E-state index contributed by atoms with van der Waals surface area (Å²) in [6.07, 6.45) is 7.95. The van der Waals surface area contributed by atoms with Crippen molar-refractivity contribution in [3.63, 3.8) is 0 Å². The lowest BCUT2D eigenvalue weighted by Gasteiger charge is -2.34. The van der Waals surface area contributed by atoms with Crippen LogP contribution in [0, 0.1) is 5.92 Å². The Morgan fingerprint density at radius 1 is 0.791 bits per heavy atom. The molecule has 0 unspecified atom stereocenters. The molecule has 10 heteroatoms. The van der Waals surface area contributed by atoms with Gasteiger partial charge in [0.05, 0.1) is 5.52 Å². The Labute approximate surface area is 252 Å². The van der Waals surface area contributed by atoms with Crippen LogP contribution in [0.4, 0.5) is 16.2 Å². The molecule has 1 saturated heterocycles. The number of carbonyl (C=O) groups excluding carboxylic acids is 2. The molecule has 6 rings (SSSR count). The summed E-state index contributed by atoms with van der Waals surface area (Å²) in [7, 11) is -3.89. The molecule has 43 heavy (non-hydrogen) atoms. The monoisotopic (exact) mass is 597 g/mol. The zero-order valence-electron chi connectivity index (χ0n) is 23.9. The number of rotatable bonds is 7. The highest BCUT2D eigenvalue weighted by molar-refractivity contribution is 7.93. The molecule has 3 amide bonds. The summed E-state index contributed by atoms with van der Waals surface area (Å²) in [6.45, 7) is 1.67. The van der Waals surface area contributed by atoms with E-state index in [4.69, 9.17) is 0 Å². The van der Waals surface area contributed by atoms with E-state index in [-0.39, 0.29) is 16.8 Å². The van der Waals surface area contributed by atoms with Crippen molar-refractivity contribution in [2.24, 2.45) is 5.92 Å². The lowest BCUT2D eigenvalue weighted by atomic mass is 9.98. The van der Waals surface area contributed by atoms with Crippen LogP contribution in [0.25, 0.3) is 10.9 Å². The van der Waals surface area contributed by atoms with Crippen LogP contribution in [-0.4, -0.2) is 61.3 Å². The van der Waals surface area contributed by atoms with Gasteiger partial charge in [-0.05, 0) is 66.4 Å². The number of urea groups is 1. The molecule has 1 aliphatic heterocycles. The maximum absolute atomic E-state index is 13.1. The van der Waals surface area contributed by atoms with E-state index in [1.54, 1.807) is 52.4 Å².